The first-order valence-corrected chi connectivity index (χ1v) is 10.9. The summed E-state index contributed by atoms with van der Waals surface area (Å²) in [5, 5.41) is 5.67. The quantitative estimate of drug-likeness (QED) is 0.448. The molecule has 0 bridgehead atoms. The molecule has 6 nitrogen and oxygen atoms in total. The highest BCUT2D eigenvalue weighted by Gasteiger charge is 2.16. The molecule has 2 heterocycles. The number of H-pyrrole nitrogens is 1. The number of carbonyl (C=O) groups excluding carboxylic acids is 1. The molecule has 0 atom stereocenters. The van der Waals surface area contributed by atoms with Crippen LogP contribution < -0.4 is 10.0 Å². The van der Waals surface area contributed by atoms with E-state index in [-0.39, 0.29) is 22.9 Å². The highest BCUT2D eigenvalue weighted by atomic mass is 32.2. The number of sulfonamides is 1. The number of aromatic nitrogens is 1. The van der Waals surface area contributed by atoms with Crippen molar-refractivity contribution in [3.63, 3.8) is 0 Å². The topological polar surface area (TPSA) is 91.1 Å². The number of fused-ring (bicyclic) bond motifs is 1. The van der Waals surface area contributed by atoms with Crippen molar-refractivity contribution >= 4 is 43.9 Å². The van der Waals surface area contributed by atoms with Crippen LogP contribution in [0.2, 0.25) is 0 Å². The Morgan fingerprint density at radius 3 is 2.75 bits per heavy atom. The summed E-state index contributed by atoms with van der Waals surface area (Å²) >= 11 is 1.48. The summed E-state index contributed by atoms with van der Waals surface area (Å²) in [7, 11) is -3.71. The van der Waals surface area contributed by atoms with E-state index < -0.39 is 10.0 Å². The summed E-state index contributed by atoms with van der Waals surface area (Å²) in [5.41, 5.74) is 1.89. The van der Waals surface area contributed by atoms with E-state index in [1.807, 2.05) is 41.9 Å². The van der Waals surface area contributed by atoms with Gasteiger partial charge in [0.25, 0.3) is 5.91 Å². The van der Waals surface area contributed by atoms with Crippen LogP contribution in [0.25, 0.3) is 10.9 Å². The minimum atomic E-state index is -3.71. The fourth-order valence-corrected chi connectivity index (χ4v) is 4.59. The van der Waals surface area contributed by atoms with Crippen molar-refractivity contribution in [3.8, 4) is 0 Å². The van der Waals surface area contributed by atoms with Crippen LogP contribution in [0.4, 0.5) is 5.69 Å². The van der Waals surface area contributed by atoms with Gasteiger partial charge in [0.1, 0.15) is 0 Å². The van der Waals surface area contributed by atoms with E-state index in [4.69, 9.17) is 0 Å². The number of amides is 1. The van der Waals surface area contributed by atoms with Gasteiger partial charge < -0.3 is 10.3 Å². The van der Waals surface area contributed by atoms with Crippen LogP contribution in [0.5, 0.6) is 0 Å². The predicted octanol–water partition coefficient (Wildman–Crippen LogP) is 3.96. The SMILES string of the molecule is O=C(Nc1ccc2[nH]ccc2c1)c1cccc(S(=O)(=O)NCc2cccs2)c1. The molecule has 0 aliphatic carbocycles. The lowest BCUT2D eigenvalue weighted by molar-refractivity contribution is 0.102. The first kappa shape index (κ1) is 18.4. The molecule has 0 fully saturated rings. The van der Waals surface area contributed by atoms with Crippen LogP contribution in [0, 0.1) is 0 Å². The first-order valence-electron chi connectivity index (χ1n) is 8.52. The number of nitrogens with one attached hydrogen (secondary N) is 3. The second-order valence-corrected chi connectivity index (χ2v) is 8.96. The molecule has 0 radical (unpaired) electrons. The zero-order chi connectivity index (χ0) is 19.6. The van der Waals surface area contributed by atoms with Gasteiger partial charge in [-0.25, -0.2) is 13.1 Å². The number of rotatable bonds is 6. The minimum absolute atomic E-state index is 0.0535. The average molecular weight is 412 g/mol. The van der Waals surface area contributed by atoms with E-state index in [0.29, 0.717) is 5.69 Å². The van der Waals surface area contributed by atoms with Crippen LogP contribution in [0.1, 0.15) is 15.2 Å². The molecule has 0 unspecified atom stereocenters. The molecule has 4 rings (SSSR count). The standard InChI is InChI=1S/C20H17N3O3S2/c24-20(23-16-6-7-19-14(11-16)8-9-21-19)15-3-1-5-18(12-15)28(25,26)22-13-17-4-2-10-27-17/h1-12,21-22H,13H2,(H,23,24). The maximum Gasteiger partial charge on any atom is 0.255 e. The van der Waals surface area contributed by atoms with Gasteiger partial charge in [-0.2, -0.15) is 0 Å². The van der Waals surface area contributed by atoms with Crippen LogP contribution in [0.3, 0.4) is 0 Å². The largest absolute Gasteiger partial charge is 0.361 e. The van der Waals surface area contributed by atoms with Gasteiger partial charge in [0.2, 0.25) is 10.0 Å². The monoisotopic (exact) mass is 411 g/mol. The number of hydrogen-bond acceptors (Lipinski definition) is 4. The molecule has 0 spiro atoms. The zero-order valence-corrected chi connectivity index (χ0v) is 16.3. The summed E-state index contributed by atoms with van der Waals surface area (Å²) in [6, 6.07) is 17.2. The van der Waals surface area contributed by atoms with Crippen molar-refractivity contribution < 1.29 is 13.2 Å². The average Bonchev–Trinajstić information content (AvgIpc) is 3.38. The number of carbonyl (C=O) groups is 1. The van der Waals surface area contributed by atoms with Crippen molar-refractivity contribution in [3.05, 3.63) is 82.7 Å². The molecule has 4 aromatic rings. The molecule has 28 heavy (non-hydrogen) atoms. The summed E-state index contributed by atoms with van der Waals surface area (Å²) in [5.74, 6) is -0.370. The molecule has 1 amide bonds. The number of aromatic amines is 1. The van der Waals surface area contributed by atoms with E-state index in [0.717, 1.165) is 15.8 Å². The molecule has 0 aliphatic rings. The van der Waals surface area contributed by atoms with Crippen molar-refractivity contribution in [2.45, 2.75) is 11.4 Å². The predicted molar refractivity (Wildman–Crippen MR) is 111 cm³/mol. The number of hydrogen-bond donors (Lipinski definition) is 3. The van der Waals surface area contributed by atoms with Crippen molar-refractivity contribution in [2.24, 2.45) is 0 Å². The van der Waals surface area contributed by atoms with Crippen LogP contribution in [0.15, 0.2) is 77.1 Å². The molecule has 0 saturated carbocycles. The number of thiophene rings is 1. The van der Waals surface area contributed by atoms with E-state index in [9.17, 15) is 13.2 Å². The fourth-order valence-electron chi connectivity index (χ4n) is 2.80. The third-order valence-electron chi connectivity index (χ3n) is 4.23. The molecule has 8 heteroatoms. The summed E-state index contributed by atoms with van der Waals surface area (Å²) in [6.45, 7) is 0.215. The van der Waals surface area contributed by atoms with E-state index in [1.54, 1.807) is 18.2 Å². The second-order valence-electron chi connectivity index (χ2n) is 6.17. The number of anilines is 1. The molecular formula is C20H17N3O3S2. The Morgan fingerprint density at radius 1 is 1.04 bits per heavy atom. The lowest BCUT2D eigenvalue weighted by Crippen LogP contribution is -2.23. The maximum absolute atomic E-state index is 12.6. The summed E-state index contributed by atoms with van der Waals surface area (Å²) < 4.78 is 27.6. The highest BCUT2D eigenvalue weighted by Crippen LogP contribution is 2.19. The first-order chi connectivity index (χ1) is 13.5. The Hall–Kier alpha value is -2.94. The van der Waals surface area contributed by atoms with Gasteiger partial charge in [-0.05, 0) is 53.9 Å². The minimum Gasteiger partial charge on any atom is -0.361 e. The van der Waals surface area contributed by atoms with Gasteiger partial charge in [-0.3, -0.25) is 4.79 Å². The normalized spacial score (nSPS) is 11.6. The fraction of sp³-hybridized carbons (Fsp3) is 0.0500. The molecule has 2 aromatic heterocycles. The van der Waals surface area contributed by atoms with Gasteiger partial charge >= 0.3 is 0 Å². The van der Waals surface area contributed by atoms with Crippen molar-refractivity contribution in [2.75, 3.05) is 5.32 Å². The molecule has 0 saturated heterocycles. The molecular weight excluding hydrogens is 394 g/mol. The van der Waals surface area contributed by atoms with Gasteiger partial charge in [-0.1, -0.05) is 12.1 Å². The second kappa shape index (κ2) is 7.59. The van der Waals surface area contributed by atoms with Crippen molar-refractivity contribution in [1.29, 1.82) is 0 Å². The Balaban J connectivity index is 1.51. The Bertz CT molecular complexity index is 1230. The van der Waals surface area contributed by atoms with E-state index in [1.165, 1.54) is 23.5 Å². The lowest BCUT2D eigenvalue weighted by atomic mass is 10.2. The summed E-state index contributed by atoms with van der Waals surface area (Å²) in [4.78, 5) is 16.6. The molecule has 2 aromatic carbocycles. The Kier molecular flexibility index (Phi) is 4.99. The summed E-state index contributed by atoms with van der Waals surface area (Å²) in [6.07, 6.45) is 1.83. The maximum atomic E-state index is 12.6. The van der Waals surface area contributed by atoms with Gasteiger partial charge in [-0.15, -0.1) is 11.3 Å². The van der Waals surface area contributed by atoms with Crippen LogP contribution >= 0.6 is 11.3 Å². The molecule has 3 N–H and O–H groups in total. The van der Waals surface area contributed by atoms with Gasteiger partial charge in [0, 0.05) is 39.8 Å². The Morgan fingerprint density at radius 2 is 1.93 bits per heavy atom. The lowest BCUT2D eigenvalue weighted by Gasteiger charge is -2.09. The highest BCUT2D eigenvalue weighted by molar-refractivity contribution is 7.89. The zero-order valence-electron chi connectivity index (χ0n) is 14.7. The third-order valence-corrected chi connectivity index (χ3v) is 6.51. The molecule has 0 aliphatic heterocycles. The van der Waals surface area contributed by atoms with E-state index in [2.05, 4.69) is 15.0 Å². The third kappa shape index (κ3) is 3.99. The van der Waals surface area contributed by atoms with Gasteiger partial charge in [0.05, 0.1) is 4.90 Å². The van der Waals surface area contributed by atoms with Crippen molar-refractivity contribution in [1.82, 2.24) is 9.71 Å². The van der Waals surface area contributed by atoms with Gasteiger partial charge in [0.15, 0.2) is 0 Å². The van der Waals surface area contributed by atoms with E-state index >= 15 is 0 Å². The number of benzene rings is 2. The van der Waals surface area contributed by atoms with Crippen LogP contribution in [-0.4, -0.2) is 19.3 Å². The Labute approximate surface area is 166 Å². The molecule has 142 valence electrons. The van der Waals surface area contributed by atoms with Crippen LogP contribution in [-0.2, 0) is 16.6 Å². The smallest absolute Gasteiger partial charge is 0.255 e.